The summed E-state index contributed by atoms with van der Waals surface area (Å²) in [6.45, 7) is 9.81. The predicted octanol–water partition coefficient (Wildman–Crippen LogP) is 4.00. The van der Waals surface area contributed by atoms with Gasteiger partial charge in [0.2, 0.25) is 5.91 Å². The van der Waals surface area contributed by atoms with E-state index in [0.717, 1.165) is 51.5 Å². The Hall–Kier alpha value is -1.60. The summed E-state index contributed by atoms with van der Waals surface area (Å²) in [4.78, 5) is 32.9. The van der Waals surface area contributed by atoms with Gasteiger partial charge in [0.25, 0.3) is 0 Å². The standard InChI is InChI=1S/C24H37N3O3S/c1-24(2,3)30-23(29)27-16-19(14-18-8-13-31-17-18)15-21(27)22(28)26-10-5-9-25(11-12-26)20-6-4-7-20/h8,13,17,19-21H,4-7,9-12,14-16H2,1-3H3/t19-,21+/m1/s1. The number of carbonyl (C=O) groups is 2. The summed E-state index contributed by atoms with van der Waals surface area (Å²) in [7, 11) is 0. The molecule has 4 rings (SSSR count). The van der Waals surface area contributed by atoms with Crippen molar-refractivity contribution >= 4 is 23.3 Å². The molecule has 1 saturated carbocycles. The minimum absolute atomic E-state index is 0.106. The maximum atomic E-state index is 13.6. The van der Waals surface area contributed by atoms with Crippen LogP contribution in [0.25, 0.3) is 0 Å². The summed E-state index contributed by atoms with van der Waals surface area (Å²) in [5.41, 5.74) is 0.722. The number of hydrogen-bond acceptors (Lipinski definition) is 5. The fourth-order valence-electron chi connectivity index (χ4n) is 5.05. The second-order valence-corrected chi connectivity index (χ2v) is 11.2. The molecule has 2 saturated heterocycles. The molecule has 1 aliphatic carbocycles. The van der Waals surface area contributed by atoms with Crippen molar-refractivity contribution in [2.75, 3.05) is 32.7 Å². The van der Waals surface area contributed by atoms with Crippen molar-refractivity contribution in [3.05, 3.63) is 22.4 Å². The fourth-order valence-corrected chi connectivity index (χ4v) is 5.74. The van der Waals surface area contributed by atoms with Gasteiger partial charge >= 0.3 is 6.09 Å². The van der Waals surface area contributed by atoms with E-state index in [4.69, 9.17) is 4.74 Å². The zero-order chi connectivity index (χ0) is 22.0. The maximum absolute atomic E-state index is 13.6. The van der Waals surface area contributed by atoms with E-state index in [2.05, 4.69) is 21.7 Å². The first-order chi connectivity index (χ1) is 14.8. The molecule has 2 aliphatic heterocycles. The van der Waals surface area contributed by atoms with E-state index < -0.39 is 11.6 Å². The number of ether oxygens (including phenoxy) is 1. The first-order valence-corrected chi connectivity index (χ1v) is 12.8. The Balaban J connectivity index is 1.44. The van der Waals surface area contributed by atoms with E-state index in [0.29, 0.717) is 6.54 Å². The summed E-state index contributed by atoms with van der Waals surface area (Å²) in [6.07, 6.45) is 6.21. The first-order valence-electron chi connectivity index (χ1n) is 11.8. The van der Waals surface area contributed by atoms with Crippen molar-refractivity contribution in [3.63, 3.8) is 0 Å². The quantitative estimate of drug-likeness (QED) is 0.700. The van der Waals surface area contributed by atoms with Gasteiger partial charge in [-0.25, -0.2) is 4.79 Å². The molecule has 0 bridgehead atoms. The minimum atomic E-state index is -0.567. The van der Waals surface area contributed by atoms with Crippen molar-refractivity contribution in [2.24, 2.45) is 5.92 Å². The third-order valence-corrected chi connectivity index (χ3v) is 7.57. The Morgan fingerprint density at radius 3 is 2.58 bits per heavy atom. The largest absolute Gasteiger partial charge is 0.444 e. The van der Waals surface area contributed by atoms with E-state index in [-0.39, 0.29) is 17.9 Å². The summed E-state index contributed by atoms with van der Waals surface area (Å²) >= 11 is 1.69. The van der Waals surface area contributed by atoms with Crippen molar-refractivity contribution in [3.8, 4) is 0 Å². The Kier molecular flexibility index (Phi) is 6.92. The summed E-state index contributed by atoms with van der Waals surface area (Å²) in [5, 5.41) is 4.25. The molecule has 172 valence electrons. The number of nitrogens with zero attached hydrogens (tertiary/aromatic N) is 3. The Morgan fingerprint density at radius 2 is 1.94 bits per heavy atom. The van der Waals surface area contributed by atoms with Gasteiger partial charge in [-0.2, -0.15) is 11.3 Å². The molecule has 0 radical (unpaired) electrons. The average molecular weight is 448 g/mol. The lowest BCUT2D eigenvalue weighted by Gasteiger charge is -2.37. The third-order valence-electron chi connectivity index (χ3n) is 6.84. The Bertz CT molecular complexity index is 757. The van der Waals surface area contributed by atoms with Gasteiger partial charge in [0, 0.05) is 38.8 Å². The van der Waals surface area contributed by atoms with Crippen LogP contribution in [0.2, 0.25) is 0 Å². The van der Waals surface area contributed by atoms with Gasteiger partial charge in [0.05, 0.1) is 0 Å². The first kappa shape index (κ1) is 22.6. The molecule has 0 N–H and O–H groups in total. The topological polar surface area (TPSA) is 53.1 Å². The van der Waals surface area contributed by atoms with Crippen LogP contribution in [0.1, 0.15) is 58.4 Å². The molecule has 3 heterocycles. The van der Waals surface area contributed by atoms with Gasteiger partial charge in [-0.15, -0.1) is 0 Å². The summed E-state index contributed by atoms with van der Waals surface area (Å²) in [6, 6.07) is 2.45. The van der Waals surface area contributed by atoms with Crippen molar-refractivity contribution in [1.29, 1.82) is 0 Å². The van der Waals surface area contributed by atoms with Crippen LogP contribution in [0.15, 0.2) is 16.8 Å². The molecule has 0 aromatic carbocycles. The van der Waals surface area contributed by atoms with Crippen LogP contribution in [0.4, 0.5) is 4.79 Å². The smallest absolute Gasteiger partial charge is 0.410 e. The highest BCUT2D eigenvalue weighted by atomic mass is 32.1. The zero-order valence-corrected chi connectivity index (χ0v) is 20.0. The van der Waals surface area contributed by atoms with Crippen LogP contribution < -0.4 is 0 Å². The fraction of sp³-hybridized carbons (Fsp3) is 0.750. The minimum Gasteiger partial charge on any atom is -0.444 e. The van der Waals surface area contributed by atoms with E-state index >= 15 is 0 Å². The van der Waals surface area contributed by atoms with E-state index in [1.807, 2.05) is 25.7 Å². The normalized spacial score (nSPS) is 25.9. The molecule has 3 fully saturated rings. The molecule has 3 aliphatic rings. The monoisotopic (exact) mass is 447 g/mol. The average Bonchev–Trinajstić information content (AvgIpc) is 3.25. The lowest BCUT2D eigenvalue weighted by atomic mass is 9.91. The molecule has 0 unspecified atom stereocenters. The van der Waals surface area contributed by atoms with E-state index in [1.165, 1.54) is 24.8 Å². The third kappa shape index (κ3) is 5.61. The Labute approximate surface area is 190 Å². The van der Waals surface area contributed by atoms with Crippen LogP contribution >= 0.6 is 11.3 Å². The van der Waals surface area contributed by atoms with Gasteiger partial charge in [0.15, 0.2) is 0 Å². The number of thiophene rings is 1. The van der Waals surface area contributed by atoms with Gasteiger partial charge in [-0.3, -0.25) is 14.6 Å². The van der Waals surface area contributed by atoms with Gasteiger partial charge in [-0.05, 0) is 81.2 Å². The van der Waals surface area contributed by atoms with Crippen LogP contribution in [0.5, 0.6) is 0 Å². The maximum Gasteiger partial charge on any atom is 0.410 e. The molecule has 31 heavy (non-hydrogen) atoms. The summed E-state index contributed by atoms with van der Waals surface area (Å²) in [5.74, 6) is 0.392. The SMILES string of the molecule is CC(C)(C)OC(=O)N1C[C@H](Cc2ccsc2)C[C@H]1C(=O)N1CCCN(C2CCC2)CC1. The van der Waals surface area contributed by atoms with Gasteiger partial charge < -0.3 is 9.64 Å². The van der Waals surface area contributed by atoms with E-state index in [9.17, 15) is 9.59 Å². The molecule has 1 aromatic rings. The van der Waals surface area contributed by atoms with Crippen LogP contribution in [0, 0.1) is 5.92 Å². The molecule has 6 nitrogen and oxygen atoms in total. The lowest BCUT2D eigenvalue weighted by Crippen LogP contribution is -2.50. The molecule has 7 heteroatoms. The second kappa shape index (κ2) is 9.49. The molecule has 2 atom stereocenters. The highest BCUT2D eigenvalue weighted by molar-refractivity contribution is 7.07. The number of amides is 2. The predicted molar refractivity (Wildman–Crippen MR) is 123 cm³/mol. The van der Waals surface area contributed by atoms with Gasteiger partial charge in [0.1, 0.15) is 11.6 Å². The van der Waals surface area contributed by atoms with Crippen molar-refractivity contribution in [2.45, 2.75) is 77.0 Å². The molecular weight excluding hydrogens is 410 g/mol. The number of rotatable bonds is 4. The number of carbonyl (C=O) groups excluding carboxylic acids is 2. The Morgan fingerprint density at radius 1 is 1.13 bits per heavy atom. The molecular formula is C24H37N3O3S. The van der Waals surface area contributed by atoms with Gasteiger partial charge in [-0.1, -0.05) is 6.42 Å². The number of likely N-dealkylation sites (tertiary alicyclic amines) is 1. The van der Waals surface area contributed by atoms with Crippen LogP contribution in [-0.4, -0.2) is 77.1 Å². The van der Waals surface area contributed by atoms with E-state index in [1.54, 1.807) is 16.2 Å². The highest BCUT2D eigenvalue weighted by Gasteiger charge is 2.43. The van der Waals surface area contributed by atoms with Crippen LogP contribution in [-0.2, 0) is 16.0 Å². The molecule has 0 spiro atoms. The second-order valence-electron chi connectivity index (χ2n) is 10.4. The molecule has 2 amide bonds. The number of hydrogen-bond donors (Lipinski definition) is 0. The van der Waals surface area contributed by atoms with Crippen molar-refractivity contribution in [1.82, 2.24) is 14.7 Å². The van der Waals surface area contributed by atoms with Crippen LogP contribution in [0.3, 0.4) is 0 Å². The summed E-state index contributed by atoms with van der Waals surface area (Å²) < 4.78 is 5.68. The lowest BCUT2D eigenvalue weighted by molar-refractivity contribution is -0.135. The highest BCUT2D eigenvalue weighted by Crippen LogP contribution is 2.31. The zero-order valence-electron chi connectivity index (χ0n) is 19.2. The van der Waals surface area contributed by atoms with Crippen molar-refractivity contribution < 1.29 is 14.3 Å². The molecule has 1 aromatic heterocycles.